The SMILES string of the molecule is COc1ccc(C)cc1NC(=O)C(C)n1nc([N+](=O)[O-])cc1C. The van der Waals surface area contributed by atoms with Crippen LogP contribution >= 0.6 is 0 Å². The summed E-state index contributed by atoms with van der Waals surface area (Å²) < 4.78 is 6.55. The number of amides is 1. The summed E-state index contributed by atoms with van der Waals surface area (Å²) in [6, 6.07) is 6.06. The molecule has 2 aromatic rings. The molecule has 1 aromatic carbocycles. The van der Waals surface area contributed by atoms with Crippen LogP contribution in [0.4, 0.5) is 11.5 Å². The molecular formula is C15H18N4O4. The first kappa shape index (κ1) is 16.5. The Morgan fingerprint density at radius 2 is 2.09 bits per heavy atom. The van der Waals surface area contributed by atoms with E-state index in [-0.39, 0.29) is 11.7 Å². The Morgan fingerprint density at radius 3 is 2.65 bits per heavy atom. The van der Waals surface area contributed by atoms with Crippen molar-refractivity contribution in [1.82, 2.24) is 9.78 Å². The highest BCUT2D eigenvalue weighted by molar-refractivity contribution is 5.94. The Balaban J connectivity index is 2.24. The first-order valence-corrected chi connectivity index (χ1v) is 6.99. The summed E-state index contributed by atoms with van der Waals surface area (Å²) in [5.74, 6) is -0.0791. The van der Waals surface area contributed by atoms with Crippen molar-refractivity contribution < 1.29 is 14.5 Å². The maximum Gasteiger partial charge on any atom is 0.390 e. The third-order valence-corrected chi connectivity index (χ3v) is 3.46. The van der Waals surface area contributed by atoms with Gasteiger partial charge in [0.05, 0.1) is 29.7 Å². The molecule has 1 N–H and O–H groups in total. The highest BCUT2D eigenvalue weighted by Crippen LogP contribution is 2.26. The number of rotatable bonds is 5. The minimum Gasteiger partial charge on any atom is -0.495 e. The molecule has 0 saturated carbocycles. The molecule has 23 heavy (non-hydrogen) atoms. The second kappa shape index (κ2) is 6.47. The molecule has 0 aliphatic carbocycles. The van der Waals surface area contributed by atoms with Gasteiger partial charge < -0.3 is 20.2 Å². The van der Waals surface area contributed by atoms with E-state index in [0.29, 0.717) is 17.1 Å². The summed E-state index contributed by atoms with van der Waals surface area (Å²) in [5, 5.41) is 17.4. The molecule has 0 radical (unpaired) electrons. The molecule has 0 spiro atoms. The summed E-state index contributed by atoms with van der Waals surface area (Å²) in [7, 11) is 1.52. The number of aromatic nitrogens is 2. The lowest BCUT2D eigenvalue weighted by atomic mass is 10.2. The van der Waals surface area contributed by atoms with Crippen LogP contribution in [-0.4, -0.2) is 27.7 Å². The fourth-order valence-electron chi connectivity index (χ4n) is 2.22. The van der Waals surface area contributed by atoms with Gasteiger partial charge >= 0.3 is 5.82 Å². The molecule has 2 rings (SSSR count). The average molecular weight is 318 g/mol. The number of hydrogen-bond acceptors (Lipinski definition) is 5. The number of aryl methyl sites for hydroxylation is 2. The Morgan fingerprint density at radius 1 is 1.39 bits per heavy atom. The highest BCUT2D eigenvalue weighted by Gasteiger charge is 2.25. The van der Waals surface area contributed by atoms with Crippen LogP contribution in [0.3, 0.4) is 0 Å². The van der Waals surface area contributed by atoms with Gasteiger partial charge in [0.25, 0.3) is 5.91 Å². The van der Waals surface area contributed by atoms with Crippen molar-refractivity contribution in [3.05, 3.63) is 45.6 Å². The highest BCUT2D eigenvalue weighted by atomic mass is 16.6. The maximum atomic E-state index is 12.4. The van der Waals surface area contributed by atoms with Crippen molar-refractivity contribution in [3.63, 3.8) is 0 Å². The van der Waals surface area contributed by atoms with Gasteiger partial charge in [-0.2, -0.15) is 4.68 Å². The largest absolute Gasteiger partial charge is 0.495 e. The molecule has 122 valence electrons. The van der Waals surface area contributed by atoms with E-state index in [2.05, 4.69) is 10.4 Å². The van der Waals surface area contributed by atoms with E-state index in [4.69, 9.17) is 4.74 Å². The molecule has 0 bridgehead atoms. The summed E-state index contributed by atoms with van der Waals surface area (Å²) in [6.07, 6.45) is 0. The predicted octanol–water partition coefficient (Wildman–Crippen LogP) is 2.62. The number of carbonyl (C=O) groups is 1. The Bertz CT molecular complexity index is 754. The zero-order chi connectivity index (χ0) is 17.1. The topological polar surface area (TPSA) is 99.3 Å². The van der Waals surface area contributed by atoms with E-state index in [1.165, 1.54) is 17.9 Å². The molecule has 0 fully saturated rings. The summed E-state index contributed by atoms with van der Waals surface area (Å²) in [5.41, 5.74) is 2.05. The molecular weight excluding hydrogens is 300 g/mol. The molecule has 0 saturated heterocycles. The lowest BCUT2D eigenvalue weighted by Crippen LogP contribution is -2.25. The number of methoxy groups -OCH3 is 1. The first-order valence-electron chi connectivity index (χ1n) is 6.99. The third kappa shape index (κ3) is 3.47. The third-order valence-electron chi connectivity index (χ3n) is 3.46. The van der Waals surface area contributed by atoms with Gasteiger partial charge in [-0.05, 0) is 43.4 Å². The van der Waals surface area contributed by atoms with Gasteiger partial charge in [-0.1, -0.05) is 6.07 Å². The fraction of sp³-hybridized carbons (Fsp3) is 0.333. The van der Waals surface area contributed by atoms with Gasteiger partial charge in [0.15, 0.2) is 0 Å². The van der Waals surface area contributed by atoms with E-state index in [1.54, 1.807) is 26.0 Å². The van der Waals surface area contributed by atoms with E-state index in [1.807, 2.05) is 13.0 Å². The number of ether oxygens (including phenoxy) is 1. The number of hydrogen-bond donors (Lipinski definition) is 1. The van der Waals surface area contributed by atoms with Gasteiger partial charge in [-0.15, -0.1) is 0 Å². The van der Waals surface area contributed by atoms with Crippen molar-refractivity contribution in [1.29, 1.82) is 0 Å². The lowest BCUT2D eigenvalue weighted by molar-refractivity contribution is -0.389. The fourth-order valence-corrected chi connectivity index (χ4v) is 2.22. The lowest BCUT2D eigenvalue weighted by Gasteiger charge is -2.14. The van der Waals surface area contributed by atoms with E-state index < -0.39 is 11.0 Å². The minimum atomic E-state index is -0.700. The smallest absolute Gasteiger partial charge is 0.390 e. The van der Waals surface area contributed by atoms with Crippen molar-refractivity contribution in [2.75, 3.05) is 12.4 Å². The van der Waals surface area contributed by atoms with Crippen molar-refractivity contribution in [3.8, 4) is 5.75 Å². The Hall–Kier alpha value is -2.90. The van der Waals surface area contributed by atoms with Crippen LogP contribution in [0, 0.1) is 24.0 Å². The number of benzene rings is 1. The van der Waals surface area contributed by atoms with Crippen LogP contribution in [0.15, 0.2) is 24.3 Å². The molecule has 1 unspecified atom stereocenters. The van der Waals surface area contributed by atoms with E-state index in [9.17, 15) is 14.9 Å². The van der Waals surface area contributed by atoms with Crippen LogP contribution in [0.25, 0.3) is 0 Å². The van der Waals surface area contributed by atoms with Gasteiger partial charge in [0, 0.05) is 0 Å². The number of nitro groups is 1. The molecule has 0 aliphatic rings. The summed E-state index contributed by atoms with van der Waals surface area (Å²) in [4.78, 5) is 22.6. The quantitative estimate of drug-likeness (QED) is 0.675. The molecule has 8 heteroatoms. The van der Waals surface area contributed by atoms with Crippen molar-refractivity contribution in [2.45, 2.75) is 26.8 Å². The van der Waals surface area contributed by atoms with E-state index in [0.717, 1.165) is 5.56 Å². The van der Waals surface area contributed by atoms with Gasteiger partial charge in [-0.3, -0.25) is 4.79 Å². The summed E-state index contributed by atoms with van der Waals surface area (Å²) >= 11 is 0. The zero-order valence-corrected chi connectivity index (χ0v) is 13.4. The summed E-state index contributed by atoms with van der Waals surface area (Å²) in [6.45, 7) is 5.19. The number of carbonyl (C=O) groups excluding carboxylic acids is 1. The monoisotopic (exact) mass is 318 g/mol. The second-order valence-electron chi connectivity index (χ2n) is 5.21. The standard InChI is InChI=1S/C15H18N4O4/c1-9-5-6-13(23-4)12(7-9)16-15(20)11(3)18-10(2)8-14(17-18)19(21)22/h5-8,11H,1-4H3,(H,16,20). The van der Waals surface area contributed by atoms with Gasteiger partial charge in [0.2, 0.25) is 0 Å². The first-order chi connectivity index (χ1) is 10.8. The van der Waals surface area contributed by atoms with E-state index >= 15 is 0 Å². The maximum absolute atomic E-state index is 12.4. The number of nitrogens with one attached hydrogen (secondary N) is 1. The normalized spacial score (nSPS) is 11.8. The second-order valence-corrected chi connectivity index (χ2v) is 5.21. The van der Waals surface area contributed by atoms with Crippen LogP contribution in [0.5, 0.6) is 5.75 Å². The van der Waals surface area contributed by atoms with Crippen LogP contribution in [0.1, 0.15) is 24.2 Å². The molecule has 8 nitrogen and oxygen atoms in total. The average Bonchev–Trinajstić information content (AvgIpc) is 2.89. The van der Waals surface area contributed by atoms with Gasteiger partial charge in [0.1, 0.15) is 11.8 Å². The zero-order valence-electron chi connectivity index (χ0n) is 13.4. The molecule has 1 heterocycles. The number of anilines is 1. The molecule has 1 amide bonds. The minimum absolute atomic E-state index is 0.282. The molecule has 1 aromatic heterocycles. The van der Waals surface area contributed by atoms with Crippen LogP contribution < -0.4 is 10.1 Å². The van der Waals surface area contributed by atoms with Gasteiger partial charge in [-0.25, -0.2) is 0 Å². The molecule has 1 atom stereocenters. The van der Waals surface area contributed by atoms with Crippen molar-refractivity contribution >= 4 is 17.4 Å². The van der Waals surface area contributed by atoms with Crippen LogP contribution in [-0.2, 0) is 4.79 Å². The Labute approximate surface area is 133 Å². The Kier molecular flexibility index (Phi) is 4.63. The molecule has 0 aliphatic heterocycles. The predicted molar refractivity (Wildman–Crippen MR) is 84.7 cm³/mol. The van der Waals surface area contributed by atoms with Crippen molar-refractivity contribution in [2.24, 2.45) is 0 Å². The number of nitrogens with zero attached hydrogens (tertiary/aromatic N) is 3. The van der Waals surface area contributed by atoms with Crippen LogP contribution in [0.2, 0.25) is 0 Å².